The Labute approximate surface area is 104 Å². The van der Waals surface area contributed by atoms with Crippen LogP contribution in [0, 0.1) is 0 Å². The standard InChI is InChI=1S/C16H21N/c1-2-12-17(14-16-10-6-7-11-16)13-15-8-4-3-5-9-15/h2-5,8-10H,1,6-7,11-14H2. The van der Waals surface area contributed by atoms with E-state index in [1.54, 1.807) is 5.57 Å². The molecule has 1 aliphatic rings. The molecule has 0 spiro atoms. The molecule has 0 saturated heterocycles. The molecule has 0 aromatic heterocycles. The molecule has 0 aliphatic heterocycles. The van der Waals surface area contributed by atoms with E-state index < -0.39 is 0 Å². The monoisotopic (exact) mass is 227 g/mol. The van der Waals surface area contributed by atoms with E-state index in [-0.39, 0.29) is 0 Å². The number of benzene rings is 1. The third-order valence-electron chi connectivity index (χ3n) is 3.20. The molecule has 17 heavy (non-hydrogen) atoms. The first kappa shape index (κ1) is 12.1. The highest BCUT2D eigenvalue weighted by molar-refractivity contribution is 5.16. The second-order valence-corrected chi connectivity index (χ2v) is 4.70. The van der Waals surface area contributed by atoms with Gasteiger partial charge in [0.15, 0.2) is 0 Å². The second kappa shape index (κ2) is 6.41. The minimum absolute atomic E-state index is 0.965. The van der Waals surface area contributed by atoms with Gasteiger partial charge >= 0.3 is 0 Å². The number of hydrogen-bond acceptors (Lipinski definition) is 1. The predicted octanol–water partition coefficient (Wildman–Crippen LogP) is 3.78. The quantitative estimate of drug-likeness (QED) is 0.668. The normalized spacial score (nSPS) is 15.0. The third kappa shape index (κ3) is 3.86. The Hall–Kier alpha value is -1.34. The van der Waals surface area contributed by atoms with Crippen molar-refractivity contribution in [1.82, 2.24) is 4.90 Å². The Balaban J connectivity index is 1.94. The van der Waals surface area contributed by atoms with E-state index in [1.165, 1.54) is 24.8 Å². The van der Waals surface area contributed by atoms with Crippen LogP contribution in [0.5, 0.6) is 0 Å². The van der Waals surface area contributed by atoms with Crippen molar-refractivity contribution in [3.63, 3.8) is 0 Å². The lowest BCUT2D eigenvalue weighted by Gasteiger charge is -2.21. The van der Waals surface area contributed by atoms with Gasteiger partial charge in [0, 0.05) is 19.6 Å². The smallest absolute Gasteiger partial charge is 0.0240 e. The van der Waals surface area contributed by atoms with Gasteiger partial charge in [-0.25, -0.2) is 0 Å². The molecule has 1 aromatic rings. The minimum atomic E-state index is 0.965. The van der Waals surface area contributed by atoms with E-state index >= 15 is 0 Å². The molecule has 1 aromatic carbocycles. The summed E-state index contributed by atoms with van der Waals surface area (Å²) in [6, 6.07) is 10.7. The molecule has 0 amide bonds. The van der Waals surface area contributed by atoms with Crippen LogP contribution in [-0.2, 0) is 6.54 Å². The zero-order valence-corrected chi connectivity index (χ0v) is 10.4. The van der Waals surface area contributed by atoms with E-state index in [4.69, 9.17) is 0 Å². The van der Waals surface area contributed by atoms with Crippen LogP contribution in [0.3, 0.4) is 0 Å². The summed E-state index contributed by atoms with van der Waals surface area (Å²) in [7, 11) is 0. The second-order valence-electron chi connectivity index (χ2n) is 4.70. The lowest BCUT2D eigenvalue weighted by Crippen LogP contribution is -2.25. The van der Waals surface area contributed by atoms with Crippen molar-refractivity contribution in [2.24, 2.45) is 0 Å². The average Bonchev–Trinajstić information content (AvgIpc) is 2.83. The van der Waals surface area contributed by atoms with Crippen LogP contribution in [0.4, 0.5) is 0 Å². The van der Waals surface area contributed by atoms with E-state index in [2.05, 4.69) is 47.9 Å². The molecule has 0 N–H and O–H groups in total. The van der Waals surface area contributed by atoms with Gasteiger partial charge in [-0.2, -0.15) is 0 Å². The summed E-state index contributed by atoms with van der Waals surface area (Å²) in [5, 5.41) is 0. The van der Waals surface area contributed by atoms with Crippen LogP contribution in [0.1, 0.15) is 24.8 Å². The number of allylic oxidation sites excluding steroid dienone is 1. The summed E-state index contributed by atoms with van der Waals surface area (Å²) >= 11 is 0. The van der Waals surface area contributed by atoms with Gasteiger partial charge in [0.1, 0.15) is 0 Å². The topological polar surface area (TPSA) is 3.24 Å². The van der Waals surface area contributed by atoms with Crippen LogP contribution >= 0.6 is 0 Å². The summed E-state index contributed by atoms with van der Waals surface area (Å²) in [4.78, 5) is 2.46. The van der Waals surface area contributed by atoms with Gasteiger partial charge < -0.3 is 0 Å². The number of hydrogen-bond donors (Lipinski definition) is 0. The van der Waals surface area contributed by atoms with Gasteiger partial charge in [-0.05, 0) is 24.8 Å². The first-order chi connectivity index (χ1) is 8.38. The van der Waals surface area contributed by atoms with Gasteiger partial charge in [0.2, 0.25) is 0 Å². The number of nitrogens with zero attached hydrogens (tertiary/aromatic N) is 1. The van der Waals surface area contributed by atoms with E-state index in [0.29, 0.717) is 0 Å². The zero-order valence-electron chi connectivity index (χ0n) is 10.4. The van der Waals surface area contributed by atoms with Crippen LogP contribution in [0.2, 0.25) is 0 Å². The largest absolute Gasteiger partial charge is 0.292 e. The highest BCUT2D eigenvalue weighted by atomic mass is 15.1. The summed E-state index contributed by atoms with van der Waals surface area (Å²) in [5.74, 6) is 0. The van der Waals surface area contributed by atoms with Crippen molar-refractivity contribution in [2.75, 3.05) is 13.1 Å². The summed E-state index contributed by atoms with van der Waals surface area (Å²) in [6.45, 7) is 6.94. The molecular formula is C16H21N. The molecular weight excluding hydrogens is 206 g/mol. The van der Waals surface area contributed by atoms with Gasteiger partial charge in [0.05, 0.1) is 0 Å². The Morgan fingerprint density at radius 1 is 1.18 bits per heavy atom. The maximum atomic E-state index is 3.86. The molecule has 0 bridgehead atoms. The van der Waals surface area contributed by atoms with Crippen molar-refractivity contribution in [3.05, 3.63) is 60.2 Å². The fourth-order valence-electron chi connectivity index (χ4n) is 2.38. The summed E-state index contributed by atoms with van der Waals surface area (Å²) in [6.07, 6.45) is 8.28. The zero-order chi connectivity index (χ0) is 11.9. The Morgan fingerprint density at radius 2 is 2.00 bits per heavy atom. The van der Waals surface area contributed by atoms with Gasteiger partial charge in [-0.3, -0.25) is 4.90 Å². The highest BCUT2D eigenvalue weighted by Gasteiger charge is 2.10. The van der Waals surface area contributed by atoms with Gasteiger partial charge in [-0.1, -0.05) is 48.1 Å². The average molecular weight is 227 g/mol. The molecule has 0 unspecified atom stereocenters. The van der Waals surface area contributed by atoms with Crippen molar-refractivity contribution in [3.8, 4) is 0 Å². The molecule has 1 heteroatoms. The van der Waals surface area contributed by atoms with E-state index in [1.807, 2.05) is 6.08 Å². The van der Waals surface area contributed by atoms with Crippen LogP contribution in [0.25, 0.3) is 0 Å². The Kier molecular flexibility index (Phi) is 4.57. The molecule has 0 saturated carbocycles. The molecule has 0 heterocycles. The maximum Gasteiger partial charge on any atom is 0.0240 e. The summed E-state index contributed by atoms with van der Waals surface area (Å²) < 4.78 is 0. The number of rotatable bonds is 6. The highest BCUT2D eigenvalue weighted by Crippen LogP contribution is 2.19. The minimum Gasteiger partial charge on any atom is -0.292 e. The van der Waals surface area contributed by atoms with Gasteiger partial charge in [-0.15, -0.1) is 6.58 Å². The Morgan fingerprint density at radius 3 is 2.65 bits per heavy atom. The molecule has 1 nitrogen and oxygen atoms in total. The lowest BCUT2D eigenvalue weighted by atomic mass is 10.2. The first-order valence-electron chi connectivity index (χ1n) is 6.43. The maximum absolute atomic E-state index is 3.86. The van der Waals surface area contributed by atoms with Crippen LogP contribution < -0.4 is 0 Å². The SMILES string of the molecule is C=CCN(CC1=CCCC1)Cc1ccccc1. The van der Waals surface area contributed by atoms with E-state index in [0.717, 1.165) is 19.6 Å². The predicted molar refractivity (Wildman–Crippen MR) is 73.9 cm³/mol. The lowest BCUT2D eigenvalue weighted by molar-refractivity contribution is 0.318. The van der Waals surface area contributed by atoms with Crippen molar-refractivity contribution >= 4 is 0 Å². The third-order valence-corrected chi connectivity index (χ3v) is 3.20. The molecule has 0 radical (unpaired) electrons. The van der Waals surface area contributed by atoms with E-state index in [9.17, 15) is 0 Å². The first-order valence-corrected chi connectivity index (χ1v) is 6.43. The Bertz CT molecular complexity index is 378. The van der Waals surface area contributed by atoms with Crippen LogP contribution in [-0.4, -0.2) is 18.0 Å². The molecule has 1 aliphatic carbocycles. The molecule has 2 rings (SSSR count). The van der Waals surface area contributed by atoms with Gasteiger partial charge in [0.25, 0.3) is 0 Å². The molecule has 0 atom stereocenters. The van der Waals surface area contributed by atoms with Crippen LogP contribution in [0.15, 0.2) is 54.6 Å². The van der Waals surface area contributed by atoms with Crippen molar-refractivity contribution in [2.45, 2.75) is 25.8 Å². The summed E-state index contributed by atoms with van der Waals surface area (Å²) in [5.41, 5.74) is 2.98. The fourth-order valence-corrected chi connectivity index (χ4v) is 2.38. The van der Waals surface area contributed by atoms with Crippen molar-refractivity contribution in [1.29, 1.82) is 0 Å². The molecule has 90 valence electrons. The molecule has 0 fully saturated rings. The fraction of sp³-hybridized carbons (Fsp3) is 0.375. The van der Waals surface area contributed by atoms with Crippen molar-refractivity contribution < 1.29 is 0 Å².